The van der Waals surface area contributed by atoms with Crippen molar-refractivity contribution in [2.45, 2.75) is 0 Å². The van der Waals surface area contributed by atoms with E-state index in [1.807, 2.05) is 11.3 Å². The van der Waals surface area contributed by atoms with Gasteiger partial charge in [0.05, 0.1) is 0 Å². The first-order valence-corrected chi connectivity index (χ1v) is 18.4. The highest BCUT2D eigenvalue weighted by Crippen LogP contribution is 2.44. The summed E-state index contributed by atoms with van der Waals surface area (Å²) in [5.41, 5.74) is 10.1. The van der Waals surface area contributed by atoms with Crippen LogP contribution in [0.25, 0.3) is 108 Å². The van der Waals surface area contributed by atoms with Crippen LogP contribution in [0.1, 0.15) is 0 Å². The van der Waals surface area contributed by atoms with E-state index < -0.39 is 0 Å². The van der Waals surface area contributed by atoms with Crippen LogP contribution in [0.15, 0.2) is 182 Å². The summed E-state index contributed by atoms with van der Waals surface area (Å²) in [6.45, 7) is 0. The summed E-state index contributed by atoms with van der Waals surface area (Å²) in [6.07, 6.45) is 0. The minimum atomic E-state index is 1.24. The van der Waals surface area contributed by atoms with Gasteiger partial charge in [0.25, 0.3) is 0 Å². The van der Waals surface area contributed by atoms with Gasteiger partial charge >= 0.3 is 0 Å². The number of benzene rings is 10. The monoisotopic (exact) mass is 662 g/mol. The molecule has 0 aliphatic carbocycles. The zero-order chi connectivity index (χ0) is 33.5. The summed E-state index contributed by atoms with van der Waals surface area (Å²) in [5, 5.41) is 13.1. The van der Waals surface area contributed by atoms with E-state index in [1.54, 1.807) is 0 Å². The maximum absolute atomic E-state index is 2.41. The van der Waals surface area contributed by atoms with Gasteiger partial charge in [0, 0.05) is 20.2 Å². The van der Waals surface area contributed by atoms with Crippen molar-refractivity contribution in [1.29, 1.82) is 0 Å². The predicted octanol–water partition coefficient (Wildman–Crippen LogP) is 14.8. The molecule has 0 saturated carbocycles. The third-order valence-corrected chi connectivity index (χ3v) is 12.0. The maximum Gasteiger partial charge on any atom is 0.0355 e. The molecule has 0 spiro atoms. The number of fused-ring (bicyclic) bond motifs is 4. The van der Waals surface area contributed by atoms with Crippen molar-refractivity contribution in [1.82, 2.24) is 0 Å². The Morgan fingerprint density at radius 1 is 0.255 bits per heavy atom. The van der Waals surface area contributed by atoms with Gasteiger partial charge in [-0.1, -0.05) is 158 Å². The highest BCUT2D eigenvalue weighted by atomic mass is 32.1. The Morgan fingerprint density at radius 2 is 0.765 bits per heavy atom. The van der Waals surface area contributed by atoms with Crippen LogP contribution >= 0.6 is 11.3 Å². The summed E-state index contributed by atoms with van der Waals surface area (Å²) in [6, 6.07) is 67.5. The molecule has 0 atom stereocenters. The lowest BCUT2D eigenvalue weighted by Gasteiger charge is -2.17. The average Bonchev–Trinajstić information content (AvgIpc) is 3.57. The normalized spacial score (nSPS) is 11.9. The molecule has 51 heavy (non-hydrogen) atoms. The largest absolute Gasteiger partial charge is 0.135 e. The molecular weight excluding hydrogens is 633 g/mol. The van der Waals surface area contributed by atoms with Crippen molar-refractivity contribution >= 4 is 74.6 Å². The number of hydrogen-bond acceptors (Lipinski definition) is 1. The second-order valence-corrected chi connectivity index (χ2v) is 14.7. The smallest absolute Gasteiger partial charge is 0.0355 e. The molecule has 0 aliphatic rings. The molecule has 0 unspecified atom stereocenters. The maximum atomic E-state index is 2.41. The molecule has 0 aliphatic heterocycles. The van der Waals surface area contributed by atoms with Crippen molar-refractivity contribution in [2.24, 2.45) is 0 Å². The van der Waals surface area contributed by atoms with Crippen molar-refractivity contribution in [3.63, 3.8) is 0 Å². The van der Waals surface area contributed by atoms with Gasteiger partial charge in [-0.05, 0) is 112 Å². The van der Waals surface area contributed by atoms with E-state index in [2.05, 4.69) is 182 Å². The Balaban J connectivity index is 1.05. The van der Waals surface area contributed by atoms with E-state index in [0.717, 1.165) is 0 Å². The second-order valence-electron chi connectivity index (χ2n) is 13.6. The molecule has 1 aromatic heterocycles. The fourth-order valence-corrected chi connectivity index (χ4v) is 9.43. The van der Waals surface area contributed by atoms with Gasteiger partial charge in [0.2, 0.25) is 0 Å². The SMILES string of the molecule is c1ccc(-c2ccc3sc4ccc(-c5ccc6ccc7c(-c8ccc(-c9cccc%10ccccc9%10)cc8)ccc8ccc5c6c87)cc4c3c2)cc1. The molecule has 236 valence electrons. The Kier molecular flexibility index (Phi) is 6.22. The summed E-state index contributed by atoms with van der Waals surface area (Å²) in [5.74, 6) is 0. The first-order valence-electron chi connectivity index (χ1n) is 17.6. The van der Waals surface area contributed by atoms with E-state index in [4.69, 9.17) is 0 Å². The molecule has 0 bridgehead atoms. The average molecular weight is 663 g/mol. The molecule has 0 saturated heterocycles. The molecule has 0 fully saturated rings. The van der Waals surface area contributed by atoms with Crippen LogP contribution in [-0.4, -0.2) is 0 Å². The van der Waals surface area contributed by atoms with Gasteiger partial charge in [0.1, 0.15) is 0 Å². The third-order valence-electron chi connectivity index (χ3n) is 10.8. The lowest BCUT2D eigenvalue weighted by molar-refractivity contribution is 1.63. The molecule has 0 N–H and O–H groups in total. The van der Waals surface area contributed by atoms with Crippen molar-refractivity contribution in [3.05, 3.63) is 182 Å². The molecule has 0 radical (unpaired) electrons. The van der Waals surface area contributed by atoms with Crippen LogP contribution in [0, 0.1) is 0 Å². The fraction of sp³-hybridized carbons (Fsp3) is 0. The molecule has 0 amide bonds. The molecule has 1 heterocycles. The molecular formula is C50H30S. The Morgan fingerprint density at radius 3 is 1.45 bits per heavy atom. The van der Waals surface area contributed by atoms with Crippen LogP contribution in [0.2, 0.25) is 0 Å². The van der Waals surface area contributed by atoms with Gasteiger partial charge in [-0.2, -0.15) is 0 Å². The molecule has 11 rings (SSSR count). The Labute approximate surface area is 299 Å². The standard InChI is InChI=1S/C50H30S/c1-2-7-31(8-3-1)37-21-27-47-45(29-37)46-30-38(22-28-48(46)51-47)42-24-18-36-19-25-43-41(23-17-35-20-26-44(42)50(36)49(35)43)34-15-13-33(14-16-34)40-12-6-10-32-9-4-5-11-39(32)40/h1-30H. The topological polar surface area (TPSA) is 0 Å². The van der Waals surface area contributed by atoms with Crippen molar-refractivity contribution in [3.8, 4) is 44.5 Å². The van der Waals surface area contributed by atoms with E-state index in [0.29, 0.717) is 0 Å². The minimum absolute atomic E-state index is 1.24. The van der Waals surface area contributed by atoms with Crippen LogP contribution in [0.5, 0.6) is 0 Å². The van der Waals surface area contributed by atoms with E-state index in [-0.39, 0.29) is 0 Å². The van der Waals surface area contributed by atoms with Gasteiger partial charge in [-0.3, -0.25) is 0 Å². The first kappa shape index (κ1) is 28.5. The summed E-state index contributed by atoms with van der Waals surface area (Å²) < 4.78 is 2.66. The molecule has 11 aromatic rings. The Hall–Kier alpha value is -6.28. The number of rotatable bonds is 4. The fourth-order valence-electron chi connectivity index (χ4n) is 8.37. The van der Waals surface area contributed by atoms with Gasteiger partial charge < -0.3 is 0 Å². The summed E-state index contributed by atoms with van der Waals surface area (Å²) in [4.78, 5) is 0. The van der Waals surface area contributed by atoms with Crippen LogP contribution in [0.4, 0.5) is 0 Å². The third kappa shape index (κ3) is 4.45. The van der Waals surface area contributed by atoms with Crippen molar-refractivity contribution < 1.29 is 0 Å². The summed E-state index contributed by atoms with van der Waals surface area (Å²) >= 11 is 1.88. The highest BCUT2D eigenvalue weighted by molar-refractivity contribution is 7.25. The lowest BCUT2D eigenvalue weighted by Crippen LogP contribution is -1.89. The predicted molar refractivity (Wildman–Crippen MR) is 222 cm³/mol. The first-order chi connectivity index (χ1) is 25.3. The zero-order valence-corrected chi connectivity index (χ0v) is 28.5. The van der Waals surface area contributed by atoms with E-state index in [9.17, 15) is 0 Å². The van der Waals surface area contributed by atoms with E-state index >= 15 is 0 Å². The highest BCUT2D eigenvalue weighted by Gasteiger charge is 2.16. The Bertz CT molecular complexity index is 3100. The zero-order valence-electron chi connectivity index (χ0n) is 27.7. The second kappa shape index (κ2) is 11.1. The summed E-state index contributed by atoms with van der Waals surface area (Å²) in [7, 11) is 0. The number of thiophene rings is 1. The number of hydrogen-bond donors (Lipinski definition) is 0. The van der Waals surface area contributed by atoms with Crippen LogP contribution in [0.3, 0.4) is 0 Å². The van der Waals surface area contributed by atoms with E-state index in [1.165, 1.54) is 108 Å². The quantitative estimate of drug-likeness (QED) is 0.165. The minimum Gasteiger partial charge on any atom is -0.135 e. The molecule has 10 aromatic carbocycles. The van der Waals surface area contributed by atoms with Crippen LogP contribution in [-0.2, 0) is 0 Å². The van der Waals surface area contributed by atoms with Gasteiger partial charge in [0.15, 0.2) is 0 Å². The van der Waals surface area contributed by atoms with Gasteiger partial charge in [-0.15, -0.1) is 11.3 Å². The molecule has 1 heteroatoms. The molecule has 0 nitrogen and oxygen atoms in total. The van der Waals surface area contributed by atoms with Gasteiger partial charge in [-0.25, -0.2) is 0 Å². The lowest BCUT2D eigenvalue weighted by atomic mass is 9.87. The van der Waals surface area contributed by atoms with Crippen LogP contribution < -0.4 is 0 Å². The van der Waals surface area contributed by atoms with Crippen molar-refractivity contribution in [2.75, 3.05) is 0 Å².